The van der Waals surface area contributed by atoms with Crippen LogP contribution in [0.3, 0.4) is 0 Å². The van der Waals surface area contributed by atoms with Crippen LogP contribution in [0.25, 0.3) is 11.1 Å². The van der Waals surface area contributed by atoms with Crippen LogP contribution in [-0.2, 0) is 16.2 Å². The summed E-state index contributed by atoms with van der Waals surface area (Å²) in [5, 5.41) is 0. The molecule has 5 aliphatic rings. The second-order valence-electron chi connectivity index (χ2n) is 17.8. The topological polar surface area (TPSA) is 6.48 Å². The molecule has 0 aromatic heterocycles. The summed E-state index contributed by atoms with van der Waals surface area (Å²) in [4.78, 5) is 5.51. The maximum Gasteiger partial charge on any atom is 0.252 e. The Kier molecular flexibility index (Phi) is 5.63. The molecule has 0 N–H and O–H groups in total. The number of hydrogen-bond donors (Lipinski definition) is 0. The summed E-state index contributed by atoms with van der Waals surface area (Å²) >= 11 is 0. The third kappa shape index (κ3) is 3.50. The van der Waals surface area contributed by atoms with E-state index in [9.17, 15) is 0 Å². The van der Waals surface area contributed by atoms with Crippen LogP contribution < -0.4 is 26.2 Å². The van der Waals surface area contributed by atoms with E-state index in [2.05, 4.69) is 156 Å². The van der Waals surface area contributed by atoms with Gasteiger partial charge in [-0.3, -0.25) is 0 Å². The molecular weight excluding hydrogens is 591 g/mol. The molecule has 10 rings (SSSR count). The summed E-state index contributed by atoms with van der Waals surface area (Å²) in [6, 6.07) is 35.9. The van der Waals surface area contributed by atoms with Crippen LogP contribution in [0.1, 0.15) is 102 Å². The molecule has 0 saturated heterocycles. The molecular formula is C46H47BN2. The molecule has 2 aliphatic carbocycles. The highest BCUT2D eigenvalue weighted by Gasteiger charge is 2.61. The summed E-state index contributed by atoms with van der Waals surface area (Å²) in [6.45, 7) is 19.5. The maximum absolute atomic E-state index is 2.85. The Morgan fingerprint density at radius 1 is 0.653 bits per heavy atom. The predicted molar refractivity (Wildman–Crippen MR) is 210 cm³/mol. The zero-order valence-corrected chi connectivity index (χ0v) is 30.5. The summed E-state index contributed by atoms with van der Waals surface area (Å²) < 4.78 is 0. The highest BCUT2D eigenvalue weighted by atomic mass is 15.3. The molecule has 0 bridgehead atoms. The number of aryl methyl sites for hydroxylation is 1. The zero-order chi connectivity index (χ0) is 33.8. The van der Waals surface area contributed by atoms with E-state index in [-0.39, 0.29) is 28.5 Å². The largest absolute Gasteiger partial charge is 0.335 e. The Morgan fingerprint density at radius 2 is 1.37 bits per heavy atom. The Hall–Kier alpha value is -4.24. The van der Waals surface area contributed by atoms with Gasteiger partial charge in [0, 0.05) is 39.1 Å². The van der Waals surface area contributed by atoms with Gasteiger partial charge in [-0.1, -0.05) is 121 Å². The van der Waals surface area contributed by atoms with Crippen molar-refractivity contribution in [2.45, 2.75) is 103 Å². The first-order chi connectivity index (χ1) is 23.4. The lowest BCUT2D eigenvalue weighted by molar-refractivity contribution is 0.195. The molecule has 5 aromatic rings. The fourth-order valence-corrected chi connectivity index (χ4v) is 11.1. The lowest BCUT2D eigenvalue weighted by atomic mass is 9.33. The molecule has 244 valence electrons. The molecule has 2 nitrogen and oxygen atoms in total. The number of benzene rings is 5. The van der Waals surface area contributed by atoms with Crippen molar-refractivity contribution in [3.8, 4) is 11.1 Å². The molecule has 2 atom stereocenters. The second kappa shape index (κ2) is 9.30. The van der Waals surface area contributed by atoms with Crippen LogP contribution in [-0.4, -0.2) is 12.3 Å². The fourth-order valence-electron chi connectivity index (χ4n) is 11.1. The van der Waals surface area contributed by atoms with Crippen LogP contribution in [0.5, 0.6) is 0 Å². The van der Waals surface area contributed by atoms with Gasteiger partial charge in [0.25, 0.3) is 6.71 Å². The Balaban J connectivity index is 1.33. The van der Waals surface area contributed by atoms with Gasteiger partial charge in [0.05, 0.1) is 11.2 Å². The molecule has 3 aliphatic heterocycles. The fraction of sp³-hybridized carbons (Fsp3) is 0.348. The van der Waals surface area contributed by atoms with E-state index in [1.54, 1.807) is 5.56 Å². The van der Waals surface area contributed by atoms with Gasteiger partial charge in [-0.2, -0.15) is 0 Å². The number of rotatable bonds is 1. The normalized spacial score (nSPS) is 23.4. The van der Waals surface area contributed by atoms with Crippen molar-refractivity contribution < 1.29 is 0 Å². The third-order valence-electron chi connectivity index (χ3n) is 13.8. The van der Waals surface area contributed by atoms with E-state index in [1.807, 2.05) is 0 Å². The minimum absolute atomic E-state index is 0.0333. The van der Waals surface area contributed by atoms with Crippen molar-refractivity contribution >= 4 is 51.5 Å². The van der Waals surface area contributed by atoms with Crippen molar-refractivity contribution in [2.24, 2.45) is 0 Å². The van der Waals surface area contributed by atoms with Crippen molar-refractivity contribution in [3.05, 3.63) is 119 Å². The summed E-state index contributed by atoms with van der Waals surface area (Å²) in [5.41, 5.74) is 21.3. The lowest BCUT2D eigenvalue weighted by Crippen LogP contribution is -2.64. The SMILES string of the molecule is Cc1cc2c3c(c1)N1c4c(cccc4C4(C)CCCCC14C)B3c1cc(C(C)(C)C)ccc1N2c1cccc2c1-c1ccccc1C2(C)C. The molecule has 0 amide bonds. The van der Waals surface area contributed by atoms with Crippen molar-refractivity contribution in [3.63, 3.8) is 0 Å². The van der Waals surface area contributed by atoms with Gasteiger partial charge in [0.15, 0.2) is 0 Å². The molecule has 1 fully saturated rings. The van der Waals surface area contributed by atoms with E-state index in [4.69, 9.17) is 0 Å². The van der Waals surface area contributed by atoms with Gasteiger partial charge in [-0.15, -0.1) is 0 Å². The first kappa shape index (κ1) is 29.7. The summed E-state index contributed by atoms with van der Waals surface area (Å²) in [5.74, 6) is 0. The quantitative estimate of drug-likeness (QED) is 0.166. The van der Waals surface area contributed by atoms with Gasteiger partial charge < -0.3 is 9.80 Å². The van der Waals surface area contributed by atoms with Crippen molar-refractivity contribution in [2.75, 3.05) is 9.80 Å². The van der Waals surface area contributed by atoms with E-state index in [0.29, 0.717) is 0 Å². The number of hydrogen-bond acceptors (Lipinski definition) is 2. The standard InChI is InChI=1S/C46H47BN2/c1-28-25-38-41-39(26-28)49-42-33(45(7)23-11-12-24-46(45,49)8)18-13-19-34(42)47(41)35-27-29(43(2,3)4)21-22-36(35)48(38)37-20-14-17-32-40(37)30-15-9-10-16-31(30)44(32,5)6/h9-10,13-22,25-27H,11-12,23-24H2,1-8H3. The minimum atomic E-state index is -0.0594. The number of fused-ring (bicyclic) bond motifs is 10. The molecule has 3 heteroatoms. The summed E-state index contributed by atoms with van der Waals surface area (Å²) in [7, 11) is 0. The van der Waals surface area contributed by atoms with Crippen LogP contribution in [0.4, 0.5) is 28.4 Å². The molecule has 5 aromatic carbocycles. The molecule has 1 saturated carbocycles. The molecule has 0 radical (unpaired) electrons. The lowest BCUT2D eigenvalue weighted by Gasteiger charge is -2.53. The smallest absolute Gasteiger partial charge is 0.252 e. The van der Waals surface area contributed by atoms with Gasteiger partial charge in [-0.25, -0.2) is 0 Å². The van der Waals surface area contributed by atoms with Crippen LogP contribution in [0.2, 0.25) is 0 Å². The number of nitrogens with zero attached hydrogens (tertiary/aromatic N) is 2. The summed E-state index contributed by atoms with van der Waals surface area (Å²) in [6.07, 6.45) is 5.06. The van der Waals surface area contributed by atoms with Gasteiger partial charge in [0.1, 0.15) is 0 Å². The Morgan fingerprint density at radius 3 is 2.18 bits per heavy atom. The minimum Gasteiger partial charge on any atom is -0.335 e. The number of para-hydroxylation sites is 1. The average molecular weight is 639 g/mol. The van der Waals surface area contributed by atoms with Crippen molar-refractivity contribution in [1.82, 2.24) is 0 Å². The van der Waals surface area contributed by atoms with E-state index >= 15 is 0 Å². The second-order valence-corrected chi connectivity index (χ2v) is 17.8. The first-order valence-corrected chi connectivity index (χ1v) is 18.6. The van der Waals surface area contributed by atoms with Gasteiger partial charge in [-0.05, 0) is 106 Å². The first-order valence-electron chi connectivity index (χ1n) is 18.6. The highest BCUT2D eigenvalue weighted by molar-refractivity contribution is 7.00. The Bertz CT molecular complexity index is 2270. The molecule has 3 heterocycles. The monoisotopic (exact) mass is 638 g/mol. The number of anilines is 5. The van der Waals surface area contributed by atoms with Gasteiger partial charge in [0.2, 0.25) is 0 Å². The highest BCUT2D eigenvalue weighted by Crippen LogP contribution is 2.62. The van der Waals surface area contributed by atoms with E-state index in [0.717, 1.165) is 0 Å². The third-order valence-corrected chi connectivity index (χ3v) is 13.8. The van der Waals surface area contributed by atoms with Crippen molar-refractivity contribution in [1.29, 1.82) is 0 Å². The Labute approximate surface area is 293 Å². The average Bonchev–Trinajstić information content (AvgIpc) is 3.44. The predicted octanol–water partition coefficient (Wildman–Crippen LogP) is 9.95. The van der Waals surface area contributed by atoms with Crippen LogP contribution >= 0.6 is 0 Å². The van der Waals surface area contributed by atoms with Crippen LogP contribution in [0.15, 0.2) is 91.0 Å². The van der Waals surface area contributed by atoms with Gasteiger partial charge >= 0.3 is 0 Å². The van der Waals surface area contributed by atoms with E-state index < -0.39 is 0 Å². The molecule has 0 spiro atoms. The zero-order valence-electron chi connectivity index (χ0n) is 30.5. The molecule has 49 heavy (non-hydrogen) atoms. The molecule has 2 unspecified atom stereocenters. The van der Waals surface area contributed by atoms with E-state index in [1.165, 1.54) is 104 Å². The van der Waals surface area contributed by atoms with Crippen LogP contribution in [0, 0.1) is 6.92 Å². The maximum atomic E-state index is 2.85.